The van der Waals surface area contributed by atoms with Crippen LogP contribution < -0.4 is 10.1 Å². The first-order chi connectivity index (χ1) is 20.9. The molecule has 1 saturated heterocycles. The zero-order valence-electron chi connectivity index (χ0n) is 24.9. The van der Waals surface area contributed by atoms with Crippen molar-refractivity contribution >= 4 is 35.0 Å². The van der Waals surface area contributed by atoms with Crippen molar-refractivity contribution in [2.75, 3.05) is 59.2 Å². The molecule has 0 unspecified atom stereocenters. The van der Waals surface area contributed by atoms with E-state index in [0.717, 1.165) is 0 Å². The summed E-state index contributed by atoms with van der Waals surface area (Å²) in [6, 6.07) is 7.07. The lowest BCUT2D eigenvalue weighted by molar-refractivity contribution is -0.134. The number of hydrogen-bond donors (Lipinski definition) is 2. The molecule has 2 aromatic carbocycles. The number of hydrogen-bond acceptors (Lipinski definition) is 7. The van der Waals surface area contributed by atoms with Crippen LogP contribution in [0.3, 0.4) is 0 Å². The van der Waals surface area contributed by atoms with Gasteiger partial charge in [-0.1, -0.05) is 11.6 Å². The second kappa shape index (κ2) is 14.1. The number of ether oxygens (including phenoxy) is 1. The van der Waals surface area contributed by atoms with E-state index in [1.807, 2.05) is 19.0 Å². The number of carbonyl (C=O) groups excluding carboxylic acids is 3. The summed E-state index contributed by atoms with van der Waals surface area (Å²) in [7, 11) is 6.52. The fourth-order valence-electron chi connectivity index (χ4n) is 4.88. The van der Waals surface area contributed by atoms with Crippen LogP contribution in [-0.2, 0) is 11.8 Å². The van der Waals surface area contributed by atoms with Crippen LogP contribution in [0.4, 0.5) is 14.5 Å². The Bertz CT molecular complexity index is 1540. The van der Waals surface area contributed by atoms with Gasteiger partial charge in [-0.2, -0.15) is 4.39 Å². The molecular formula is C30H35ClF2N6O5. The van der Waals surface area contributed by atoms with E-state index in [9.17, 15) is 28.3 Å². The van der Waals surface area contributed by atoms with Crippen molar-refractivity contribution in [3.63, 3.8) is 0 Å². The molecule has 236 valence electrons. The molecule has 44 heavy (non-hydrogen) atoms. The summed E-state index contributed by atoms with van der Waals surface area (Å²) in [6.07, 6.45) is 1.08. The van der Waals surface area contributed by atoms with Gasteiger partial charge in [0, 0.05) is 44.5 Å². The van der Waals surface area contributed by atoms with E-state index in [1.165, 1.54) is 55.3 Å². The molecule has 2 heterocycles. The summed E-state index contributed by atoms with van der Waals surface area (Å²) < 4.78 is 35.0. The Morgan fingerprint density at radius 2 is 1.77 bits per heavy atom. The summed E-state index contributed by atoms with van der Waals surface area (Å²) in [5, 5.41) is 12.9. The predicted octanol–water partition coefficient (Wildman–Crippen LogP) is 3.27. The van der Waals surface area contributed by atoms with Gasteiger partial charge in [-0.15, -0.1) is 0 Å². The fourth-order valence-corrected chi connectivity index (χ4v) is 5.14. The molecule has 1 atom stereocenters. The lowest BCUT2D eigenvalue weighted by Crippen LogP contribution is -2.51. The first kappa shape index (κ1) is 32.8. The highest BCUT2D eigenvalue weighted by Gasteiger charge is 2.27. The molecule has 2 N–H and O–H groups in total. The summed E-state index contributed by atoms with van der Waals surface area (Å²) in [5.74, 6) is -3.68. The number of piperazine rings is 1. The lowest BCUT2D eigenvalue weighted by Gasteiger charge is -2.35. The van der Waals surface area contributed by atoms with Crippen LogP contribution in [0.5, 0.6) is 5.75 Å². The topological polar surface area (TPSA) is 120 Å². The molecule has 1 aromatic heterocycles. The minimum atomic E-state index is -1.15. The van der Waals surface area contributed by atoms with Crippen molar-refractivity contribution in [2.45, 2.75) is 18.9 Å². The van der Waals surface area contributed by atoms with Crippen molar-refractivity contribution in [1.29, 1.82) is 0 Å². The molecule has 0 radical (unpaired) electrons. The number of rotatable bonds is 10. The number of amides is 3. The molecule has 14 heteroatoms. The molecule has 0 bridgehead atoms. The largest absolute Gasteiger partial charge is 0.494 e. The second-order valence-electron chi connectivity index (χ2n) is 10.7. The zero-order chi connectivity index (χ0) is 32.1. The molecule has 3 aromatic rings. The molecular weight excluding hydrogens is 598 g/mol. The molecule has 1 fully saturated rings. The average molecular weight is 633 g/mol. The number of nitrogens with zero attached hydrogens (tertiary/aromatic N) is 5. The van der Waals surface area contributed by atoms with Gasteiger partial charge >= 0.3 is 0 Å². The standard InChI is InChI=1S/C30H35ClF2N6O5/c1-36(2)10-9-19(40)16-25(41)38-11-13-39(14-12-38)30(43)20-6-5-18(15-22(20)31)35-29(42)28-34-17-23(37(28)3)21-7-8-24(44-4)27(33)26(21)32/h5-8,15,17,19,40H,9-14,16H2,1-4H3,(H,35,42)/t19-/m0/s1. The lowest BCUT2D eigenvalue weighted by atomic mass is 10.1. The summed E-state index contributed by atoms with van der Waals surface area (Å²) in [6.45, 7) is 1.99. The molecule has 11 nitrogen and oxygen atoms in total. The zero-order valence-corrected chi connectivity index (χ0v) is 25.7. The van der Waals surface area contributed by atoms with Gasteiger partial charge in [-0.05, 0) is 57.4 Å². The van der Waals surface area contributed by atoms with Gasteiger partial charge < -0.3 is 34.4 Å². The highest BCUT2D eigenvalue weighted by Crippen LogP contribution is 2.30. The number of anilines is 1. The van der Waals surface area contributed by atoms with Crippen LogP contribution in [0.2, 0.25) is 5.02 Å². The van der Waals surface area contributed by atoms with Gasteiger partial charge in [0.15, 0.2) is 17.4 Å². The van der Waals surface area contributed by atoms with E-state index in [4.69, 9.17) is 16.3 Å². The third-order valence-corrected chi connectivity index (χ3v) is 7.74. The number of aliphatic hydroxyl groups is 1. The maximum Gasteiger partial charge on any atom is 0.291 e. The first-order valence-corrected chi connectivity index (χ1v) is 14.3. The van der Waals surface area contributed by atoms with E-state index in [1.54, 1.807) is 9.80 Å². The van der Waals surface area contributed by atoms with Crippen LogP contribution in [0.15, 0.2) is 36.5 Å². The van der Waals surface area contributed by atoms with Crippen LogP contribution in [0, 0.1) is 11.6 Å². The molecule has 4 rings (SSSR count). The van der Waals surface area contributed by atoms with E-state index in [0.29, 0.717) is 44.8 Å². The van der Waals surface area contributed by atoms with Crippen LogP contribution in [0.1, 0.15) is 33.8 Å². The van der Waals surface area contributed by atoms with Crippen molar-refractivity contribution in [2.24, 2.45) is 7.05 Å². The molecule has 1 aliphatic rings. The SMILES string of the molecule is COc1ccc(-c2cnc(C(=O)Nc3ccc(C(=O)N4CCN(C(=O)C[C@@H](O)CCN(C)C)CC4)c(Cl)c3)n2C)c(F)c1F. The molecule has 0 spiro atoms. The summed E-state index contributed by atoms with van der Waals surface area (Å²) in [4.78, 5) is 48.0. The van der Waals surface area contributed by atoms with Crippen LogP contribution >= 0.6 is 11.6 Å². The van der Waals surface area contributed by atoms with Gasteiger partial charge in [0.05, 0.1) is 42.1 Å². The Kier molecular flexibility index (Phi) is 10.6. The fraction of sp³-hybridized carbons (Fsp3) is 0.400. The van der Waals surface area contributed by atoms with Gasteiger partial charge in [-0.25, -0.2) is 9.37 Å². The van der Waals surface area contributed by atoms with Crippen molar-refractivity contribution in [3.8, 4) is 17.0 Å². The summed E-state index contributed by atoms with van der Waals surface area (Å²) >= 11 is 6.43. The van der Waals surface area contributed by atoms with E-state index >= 15 is 0 Å². The molecule has 1 aliphatic heterocycles. The normalized spacial score (nSPS) is 14.1. The Hall–Kier alpha value is -4.07. The van der Waals surface area contributed by atoms with Gasteiger partial charge in [0.1, 0.15) is 0 Å². The number of carbonyl (C=O) groups is 3. The van der Waals surface area contributed by atoms with Gasteiger partial charge in [0.2, 0.25) is 11.7 Å². The number of imidazole rings is 1. The third kappa shape index (κ3) is 7.34. The van der Waals surface area contributed by atoms with Crippen molar-refractivity contribution < 1.29 is 33.0 Å². The Labute approximate surface area is 259 Å². The first-order valence-electron chi connectivity index (χ1n) is 14.0. The highest BCUT2D eigenvalue weighted by atomic mass is 35.5. The number of halogens is 3. The van der Waals surface area contributed by atoms with Crippen LogP contribution in [0.25, 0.3) is 11.3 Å². The number of aliphatic hydroxyl groups excluding tert-OH is 1. The average Bonchev–Trinajstić information content (AvgIpc) is 3.38. The summed E-state index contributed by atoms with van der Waals surface area (Å²) in [5.41, 5.74) is 0.618. The Morgan fingerprint density at radius 1 is 1.09 bits per heavy atom. The number of benzene rings is 2. The maximum absolute atomic E-state index is 14.6. The van der Waals surface area contributed by atoms with Crippen molar-refractivity contribution in [3.05, 3.63) is 64.6 Å². The number of aromatic nitrogens is 2. The predicted molar refractivity (Wildman–Crippen MR) is 161 cm³/mol. The van der Waals surface area contributed by atoms with Gasteiger partial charge in [0.25, 0.3) is 11.8 Å². The van der Waals surface area contributed by atoms with E-state index in [2.05, 4.69) is 10.3 Å². The van der Waals surface area contributed by atoms with Crippen molar-refractivity contribution in [1.82, 2.24) is 24.3 Å². The van der Waals surface area contributed by atoms with E-state index < -0.39 is 23.6 Å². The molecule has 0 aliphatic carbocycles. The third-order valence-electron chi connectivity index (χ3n) is 7.43. The minimum absolute atomic E-state index is 0.0390. The molecule has 0 saturated carbocycles. The maximum atomic E-state index is 14.6. The highest BCUT2D eigenvalue weighted by molar-refractivity contribution is 6.34. The van der Waals surface area contributed by atoms with Gasteiger partial charge in [-0.3, -0.25) is 14.4 Å². The number of methoxy groups -OCH3 is 1. The quantitative estimate of drug-likeness (QED) is 0.352. The van der Waals surface area contributed by atoms with Crippen LogP contribution in [-0.4, -0.2) is 107 Å². The van der Waals surface area contributed by atoms with E-state index in [-0.39, 0.29) is 51.7 Å². The smallest absolute Gasteiger partial charge is 0.291 e. The molecule has 3 amide bonds. The Balaban J connectivity index is 1.36. The minimum Gasteiger partial charge on any atom is -0.494 e. The Morgan fingerprint density at radius 3 is 2.41 bits per heavy atom. The number of nitrogens with one attached hydrogen (secondary N) is 1. The monoisotopic (exact) mass is 632 g/mol. The second-order valence-corrected chi connectivity index (χ2v) is 11.1.